The summed E-state index contributed by atoms with van der Waals surface area (Å²) in [5.41, 5.74) is 5.91. The second-order valence-corrected chi connectivity index (χ2v) is 8.31. The van der Waals surface area contributed by atoms with Gasteiger partial charge >= 0.3 is 0 Å². The zero-order valence-electron chi connectivity index (χ0n) is 18.6. The van der Waals surface area contributed by atoms with Crippen molar-refractivity contribution in [1.82, 2.24) is 19.7 Å². The molecule has 0 saturated carbocycles. The Morgan fingerprint density at radius 3 is 2.68 bits per heavy atom. The maximum absolute atomic E-state index is 14.5. The SMILES string of the molecule is COc1ccc(Cn2ncc3nccc(Nc4cc(C)nc(-c5cc(Cl)ccc5F)c4)c32)cc1. The molecule has 0 spiro atoms. The van der Waals surface area contributed by atoms with Crippen LogP contribution in [0.25, 0.3) is 22.3 Å². The summed E-state index contributed by atoms with van der Waals surface area (Å²) in [5.74, 6) is 0.426. The molecule has 5 aromatic rings. The van der Waals surface area contributed by atoms with Crippen LogP contribution < -0.4 is 10.1 Å². The Hall–Kier alpha value is -3.97. The summed E-state index contributed by atoms with van der Waals surface area (Å²) in [7, 11) is 1.65. The molecule has 34 heavy (non-hydrogen) atoms. The average Bonchev–Trinajstić information content (AvgIpc) is 3.24. The largest absolute Gasteiger partial charge is 0.497 e. The van der Waals surface area contributed by atoms with Crippen molar-refractivity contribution in [1.29, 1.82) is 0 Å². The number of aryl methyl sites for hydroxylation is 1. The van der Waals surface area contributed by atoms with Crippen molar-refractivity contribution in [3.63, 3.8) is 0 Å². The number of nitrogens with one attached hydrogen (secondary N) is 1. The molecule has 5 rings (SSSR count). The molecule has 1 N–H and O–H groups in total. The van der Waals surface area contributed by atoms with E-state index < -0.39 is 0 Å². The van der Waals surface area contributed by atoms with Gasteiger partial charge in [-0.15, -0.1) is 0 Å². The molecule has 0 radical (unpaired) electrons. The summed E-state index contributed by atoms with van der Waals surface area (Å²) in [6, 6.07) is 17.9. The van der Waals surface area contributed by atoms with Gasteiger partial charge in [0, 0.05) is 28.2 Å². The highest BCUT2D eigenvalue weighted by Gasteiger charge is 2.13. The van der Waals surface area contributed by atoms with Crippen molar-refractivity contribution < 1.29 is 9.13 Å². The number of benzene rings is 2. The van der Waals surface area contributed by atoms with E-state index in [2.05, 4.69) is 20.4 Å². The Balaban J connectivity index is 1.51. The third-order valence-electron chi connectivity index (χ3n) is 5.46. The molecule has 8 heteroatoms. The van der Waals surface area contributed by atoms with Crippen molar-refractivity contribution in [3.8, 4) is 17.0 Å². The third kappa shape index (κ3) is 4.43. The van der Waals surface area contributed by atoms with Crippen LogP contribution in [0.4, 0.5) is 15.8 Å². The summed E-state index contributed by atoms with van der Waals surface area (Å²) in [4.78, 5) is 8.97. The average molecular weight is 474 g/mol. The number of nitrogens with zero attached hydrogens (tertiary/aromatic N) is 4. The van der Waals surface area contributed by atoms with Gasteiger partial charge in [-0.1, -0.05) is 23.7 Å². The van der Waals surface area contributed by atoms with E-state index in [0.717, 1.165) is 39.4 Å². The van der Waals surface area contributed by atoms with E-state index in [4.69, 9.17) is 16.3 Å². The molecular formula is C26H21ClFN5O. The summed E-state index contributed by atoms with van der Waals surface area (Å²) in [5, 5.41) is 8.44. The first-order valence-electron chi connectivity index (χ1n) is 10.6. The number of aromatic nitrogens is 4. The zero-order chi connectivity index (χ0) is 23.7. The number of hydrogen-bond acceptors (Lipinski definition) is 5. The lowest BCUT2D eigenvalue weighted by Crippen LogP contribution is -2.04. The van der Waals surface area contributed by atoms with Gasteiger partial charge in [0.1, 0.15) is 22.6 Å². The number of fused-ring (bicyclic) bond motifs is 1. The summed E-state index contributed by atoms with van der Waals surface area (Å²) in [6.07, 6.45) is 3.48. The Morgan fingerprint density at radius 1 is 1.06 bits per heavy atom. The van der Waals surface area contributed by atoms with Gasteiger partial charge < -0.3 is 10.1 Å². The first kappa shape index (κ1) is 21.9. The molecule has 3 heterocycles. The van der Waals surface area contributed by atoms with Crippen LogP contribution >= 0.6 is 11.6 Å². The van der Waals surface area contributed by atoms with Crippen molar-refractivity contribution in [2.24, 2.45) is 0 Å². The molecule has 0 saturated heterocycles. The fraction of sp³-hybridized carbons (Fsp3) is 0.115. The van der Waals surface area contributed by atoms with Crippen molar-refractivity contribution in [2.75, 3.05) is 12.4 Å². The van der Waals surface area contributed by atoms with E-state index in [1.54, 1.807) is 31.6 Å². The number of pyridine rings is 2. The molecule has 2 aromatic carbocycles. The molecule has 0 aliphatic rings. The summed E-state index contributed by atoms with van der Waals surface area (Å²) < 4.78 is 21.6. The summed E-state index contributed by atoms with van der Waals surface area (Å²) >= 11 is 6.10. The second kappa shape index (κ2) is 9.11. The van der Waals surface area contributed by atoms with E-state index in [-0.39, 0.29) is 5.82 Å². The lowest BCUT2D eigenvalue weighted by molar-refractivity contribution is 0.414. The zero-order valence-corrected chi connectivity index (χ0v) is 19.3. The van der Waals surface area contributed by atoms with Crippen LogP contribution in [0.15, 0.2) is 73.1 Å². The van der Waals surface area contributed by atoms with Crippen molar-refractivity contribution >= 4 is 34.0 Å². The van der Waals surface area contributed by atoms with E-state index in [0.29, 0.717) is 22.8 Å². The fourth-order valence-corrected chi connectivity index (χ4v) is 4.04. The smallest absolute Gasteiger partial charge is 0.132 e. The molecule has 170 valence electrons. The van der Waals surface area contributed by atoms with E-state index in [9.17, 15) is 4.39 Å². The highest BCUT2D eigenvalue weighted by molar-refractivity contribution is 6.30. The molecule has 0 atom stereocenters. The third-order valence-corrected chi connectivity index (χ3v) is 5.69. The summed E-state index contributed by atoms with van der Waals surface area (Å²) in [6.45, 7) is 2.44. The topological polar surface area (TPSA) is 64.9 Å². The highest BCUT2D eigenvalue weighted by Crippen LogP contribution is 2.30. The van der Waals surface area contributed by atoms with Crippen molar-refractivity contribution in [2.45, 2.75) is 13.5 Å². The Kier molecular flexibility index (Phi) is 5.86. The van der Waals surface area contributed by atoms with Crippen LogP contribution in [0.5, 0.6) is 5.75 Å². The number of hydrogen-bond donors (Lipinski definition) is 1. The predicted molar refractivity (Wildman–Crippen MR) is 132 cm³/mol. The normalized spacial score (nSPS) is 11.1. The monoisotopic (exact) mass is 473 g/mol. The van der Waals surface area contributed by atoms with Gasteiger partial charge in [0.2, 0.25) is 0 Å². The molecule has 0 aliphatic carbocycles. The number of ether oxygens (including phenoxy) is 1. The number of rotatable bonds is 6. The first-order valence-corrected chi connectivity index (χ1v) is 11.0. The van der Waals surface area contributed by atoms with Crippen LogP contribution in [0.2, 0.25) is 5.02 Å². The van der Waals surface area contributed by atoms with Gasteiger partial charge in [-0.05, 0) is 61.0 Å². The maximum atomic E-state index is 14.5. The molecule has 0 aliphatic heterocycles. The number of halogens is 2. The Labute approximate surface area is 201 Å². The van der Waals surface area contributed by atoms with Crippen LogP contribution in [0, 0.1) is 12.7 Å². The van der Waals surface area contributed by atoms with E-state index in [1.807, 2.05) is 48.0 Å². The first-order chi connectivity index (χ1) is 16.5. The molecule has 0 fully saturated rings. The van der Waals surface area contributed by atoms with Gasteiger partial charge in [-0.25, -0.2) is 4.39 Å². The van der Waals surface area contributed by atoms with Crippen LogP contribution in [0.3, 0.4) is 0 Å². The van der Waals surface area contributed by atoms with Crippen LogP contribution in [0.1, 0.15) is 11.3 Å². The lowest BCUT2D eigenvalue weighted by atomic mass is 10.1. The van der Waals surface area contributed by atoms with Gasteiger partial charge in [-0.3, -0.25) is 14.6 Å². The van der Waals surface area contributed by atoms with Gasteiger partial charge in [0.15, 0.2) is 0 Å². The molecule has 3 aromatic heterocycles. The lowest BCUT2D eigenvalue weighted by Gasteiger charge is -2.13. The van der Waals surface area contributed by atoms with Gasteiger partial charge in [-0.2, -0.15) is 5.10 Å². The van der Waals surface area contributed by atoms with Crippen molar-refractivity contribution in [3.05, 3.63) is 95.2 Å². The predicted octanol–water partition coefficient (Wildman–Crippen LogP) is 6.39. The number of methoxy groups -OCH3 is 1. The Morgan fingerprint density at radius 2 is 1.88 bits per heavy atom. The van der Waals surface area contributed by atoms with Crippen LogP contribution in [-0.2, 0) is 6.54 Å². The quantitative estimate of drug-likeness (QED) is 0.309. The van der Waals surface area contributed by atoms with Gasteiger partial charge in [0.05, 0.1) is 31.2 Å². The maximum Gasteiger partial charge on any atom is 0.132 e. The second-order valence-electron chi connectivity index (χ2n) is 7.87. The molecular weight excluding hydrogens is 453 g/mol. The standard InChI is InChI=1S/C26H21ClFN5O/c1-16-11-19(13-24(31-16)21-12-18(27)5-8-22(21)28)32-23-9-10-29-25-14-30-33(26(23)25)15-17-3-6-20(34-2)7-4-17/h3-14H,15H2,1-2H3,(H,29,31,32). The molecule has 6 nitrogen and oxygen atoms in total. The molecule has 0 unspecified atom stereocenters. The Bertz CT molecular complexity index is 1480. The highest BCUT2D eigenvalue weighted by atomic mass is 35.5. The minimum Gasteiger partial charge on any atom is -0.497 e. The van der Waals surface area contributed by atoms with E-state index in [1.165, 1.54) is 12.1 Å². The number of anilines is 2. The van der Waals surface area contributed by atoms with Crippen LogP contribution in [-0.4, -0.2) is 26.9 Å². The fourth-order valence-electron chi connectivity index (χ4n) is 3.87. The molecule has 0 bridgehead atoms. The molecule has 0 amide bonds. The van der Waals surface area contributed by atoms with E-state index >= 15 is 0 Å². The van der Waals surface area contributed by atoms with Gasteiger partial charge in [0.25, 0.3) is 0 Å². The minimum absolute atomic E-state index is 0.351. The minimum atomic E-state index is -0.377.